The van der Waals surface area contributed by atoms with Gasteiger partial charge >= 0.3 is 0 Å². The van der Waals surface area contributed by atoms with E-state index < -0.39 is 0 Å². The monoisotopic (exact) mass is 358 g/mol. The predicted octanol–water partition coefficient (Wildman–Crippen LogP) is 1.60. The van der Waals surface area contributed by atoms with E-state index in [1.165, 1.54) is 6.07 Å². The van der Waals surface area contributed by atoms with Gasteiger partial charge in [-0.15, -0.1) is 0 Å². The van der Waals surface area contributed by atoms with Gasteiger partial charge in [0.05, 0.1) is 0 Å². The zero-order valence-corrected chi connectivity index (χ0v) is 14.2. The fourth-order valence-corrected chi connectivity index (χ4v) is 3.30. The summed E-state index contributed by atoms with van der Waals surface area (Å²) in [5.74, 6) is 5.58. The Hall–Kier alpha value is -0.530. The largest absolute Gasteiger partial charge is 0.305 e. The van der Waals surface area contributed by atoms with Gasteiger partial charge in [-0.1, -0.05) is 22.0 Å². The highest BCUT2D eigenvalue weighted by Crippen LogP contribution is 2.19. The molecule has 0 saturated carbocycles. The Bertz CT molecular complexity index is 471. The van der Waals surface area contributed by atoms with Gasteiger partial charge in [-0.05, 0) is 57.7 Å². The molecule has 2 rings (SSSR count). The van der Waals surface area contributed by atoms with Gasteiger partial charge in [-0.25, -0.2) is 4.39 Å². The molecule has 4 nitrogen and oxygen atoms in total. The summed E-state index contributed by atoms with van der Waals surface area (Å²) in [6.45, 7) is 3.06. The van der Waals surface area contributed by atoms with Crippen molar-refractivity contribution in [3.63, 3.8) is 0 Å². The number of rotatable bonds is 4. The average molecular weight is 359 g/mol. The summed E-state index contributed by atoms with van der Waals surface area (Å²) in [7, 11) is 4.24. The normalized spacial score (nSPS) is 23.0. The van der Waals surface area contributed by atoms with E-state index >= 15 is 0 Å². The molecule has 1 aliphatic rings. The molecule has 0 radical (unpaired) electrons. The molecule has 6 heteroatoms. The van der Waals surface area contributed by atoms with Crippen LogP contribution in [-0.4, -0.2) is 55.6 Å². The summed E-state index contributed by atoms with van der Waals surface area (Å²) in [6, 6.07) is 5.49. The Morgan fingerprint density at radius 1 is 1.43 bits per heavy atom. The summed E-state index contributed by atoms with van der Waals surface area (Å²) >= 11 is 3.29. The molecule has 2 unspecified atom stereocenters. The molecule has 1 saturated heterocycles. The highest BCUT2D eigenvalue weighted by molar-refractivity contribution is 9.10. The lowest BCUT2D eigenvalue weighted by atomic mass is 9.98. The third kappa shape index (κ3) is 4.47. The van der Waals surface area contributed by atoms with Gasteiger partial charge in [-0.2, -0.15) is 0 Å². The zero-order valence-electron chi connectivity index (χ0n) is 12.6. The van der Waals surface area contributed by atoms with Crippen LogP contribution in [0.5, 0.6) is 0 Å². The van der Waals surface area contributed by atoms with Crippen LogP contribution in [0.4, 0.5) is 4.39 Å². The van der Waals surface area contributed by atoms with Crippen molar-refractivity contribution in [2.45, 2.75) is 24.9 Å². The first kappa shape index (κ1) is 16.8. The molecule has 1 aromatic carbocycles. The molecular formula is C15H24BrFN4. The Morgan fingerprint density at radius 2 is 2.19 bits per heavy atom. The Labute approximate surface area is 134 Å². The van der Waals surface area contributed by atoms with E-state index in [1.807, 2.05) is 12.1 Å². The minimum Gasteiger partial charge on any atom is -0.305 e. The number of nitrogens with one attached hydrogen (secondary N) is 1. The molecule has 0 amide bonds. The van der Waals surface area contributed by atoms with E-state index in [0.717, 1.165) is 30.5 Å². The Morgan fingerprint density at radius 3 is 2.86 bits per heavy atom. The second-order valence-electron chi connectivity index (χ2n) is 5.88. The number of hydrogen-bond acceptors (Lipinski definition) is 4. The fourth-order valence-electron chi connectivity index (χ4n) is 2.97. The third-order valence-corrected chi connectivity index (χ3v) is 4.74. The van der Waals surface area contributed by atoms with Gasteiger partial charge in [0.2, 0.25) is 0 Å². The van der Waals surface area contributed by atoms with E-state index in [0.29, 0.717) is 12.0 Å². The first-order valence-electron chi connectivity index (χ1n) is 7.30. The Kier molecular flexibility index (Phi) is 6.13. The molecule has 1 heterocycles. The number of likely N-dealkylation sites (N-methyl/N-ethyl adjacent to an activating group) is 2. The lowest BCUT2D eigenvalue weighted by Gasteiger charge is -2.34. The van der Waals surface area contributed by atoms with Crippen LogP contribution < -0.4 is 11.3 Å². The highest BCUT2D eigenvalue weighted by Gasteiger charge is 2.28. The zero-order chi connectivity index (χ0) is 15.4. The van der Waals surface area contributed by atoms with Crippen molar-refractivity contribution in [3.05, 3.63) is 34.1 Å². The summed E-state index contributed by atoms with van der Waals surface area (Å²) in [6.07, 6.45) is 1.73. The molecular weight excluding hydrogens is 335 g/mol. The van der Waals surface area contributed by atoms with Crippen molar-refractivity contribution < 1.29 is 4.39 Å². The topological polar surface area (TPSA) is 44.5 Å². The van der Waals surface area contributed by atoms with Crippen LogP contribution in [0.2, 0.25) is 0 Å². The standard InChI is InChI=1S/C15H24BrFN4/c1-20-6-3-7-21(2)15(10-20)14(19-18)8-11-4-5-12(16)9-13(11)17/h4-5,9,14-15,19H,3,6-8,10,18H2,1-2H3. The number of halogens is 2. The maximum atomic E-state index is 14.0. The van der Waals surface area contributed by atoms with Crippen molar-refractivity contribution >= 4 is 15.9 Å². The number of nitrogens with zero attached hydrogens (tertiary/aromatic N) is 2. The van der Waals surface area contributed by atoms with Crippen molar-refractivity contribution in [1.82, 2.24) is 15.2 Å². The minimum absolute atomic E-state index is 0.0197. The molecule has 0 bridgehead atoms. The number of hydrogen-bond donors (Lipinski definition) is 2. The molecule has 118 valence electrons. The molecule has 1 aliphatic heterocycles. The van der Waals surface area contributed by atoms with Gasteiger partial charge in [0, 0.05) is 23.1 Å². The number of benzene rings is 1. The van der Waals surface area contributed by atoms with E-state index in [1.54, 1.807) is 0 Å². The molecule has 2 atom stereocenters. The molecule has 1 fully saturated rings. The van der Waals surface area contributed by atoms with Gasteiger partial charge in [0.25, 0.3) is 0 Å². The SMILES string of the molecule is CN1CCCN(C)C(C(Cc2ccc(Br)cc2F)NN)C1. The molecule has 3 N–H and O–H groups in total. The van der Waals surface area contributed by atoms with Crippen LogP contribution in [0, 0.1) is 5.82 Å². The lowest BCUT2D eigenvalue weighted by Crippen LogP contribution is -2.55. The van der Waals surface area contributed by atoms with E-state index in [4.69, 9.17) is 5.84 Å². The number of nitrogens with two attached hydrogens (primary N) is 1. The second kappa shape index (κ2) is 7.65. The molecule has 21 heavy (non-hydrogen) atoms. The fraction of sp³-hybridized carbons (Fsp3) is 0.600. The van der Waals surface area contributed by atoms with Crippen LogP contribution in [0.25, 0.3) is 0 Å². The second-order valence-corrected chi connectivity index (χ2v) is 6.79. The van der Waals surface area contributed by atoms with Crippen molar-refractivity contribution in [2.24, 2.45) is 5.84 Å². The Balaban J connectivity index is 2.14. The van der Waals surface area contributed by atoms with Crippen LogP contribution in [-0.2, 0) is 6.42 Å². The van der Waals surface area contributed by atoms with Crippen molar-refractivity contribution in [3.8, 4) is 0 Å². The maximum Gasteiger partial charge on any atom is 0.127 e. The minimum atomic E-state index is -0.186. The quantitative estimate of drug-likeness (QED) is 0.633. The molecule has 0 aliphatic carbocycles. The van der Waals surface area contributed by atoms with Crippen LogP contribution in [0.1, 0.15) is 12.0 Å². The number of hydrazine groups is 1. The van der Waals surface area contributed by atoms with E-state index in [2.05, 4.69) is 45.3 Å². The van der Waals surface area contributed by atoms with E-state index in [9.17, 15) is 4.39 Å². The van der Waals surface area contributed by atoms with Crippen molar-refractivity contribution in [1.29, 1.82) is 0 Å². The molecule has 0 aromatic heterocycles. The third-order valence-electron chi connectivity index (χ3n) is 4.25. The first-order valence-corrected chi connectivity index (χ1v) is 8.09. The predicted molar refractivity (Wildman–Crippen MR) is 87.4 cm³/mol. The lowest BCUT2D eigenvalue weighted by molar-refractivity contribution is 0.177. The highest BCUT2D eigenvalue weighted by atomic mass is 79.9. The first-order chi connectivity index (χ1) is 10.0. The van der Waals surface area contributed by atoms with Gasteiger partial charge < -0.3 is 9.80 Å². The van der Waals surface area contributed by atoms with Gasteiger partial charge in [-0.3, -0.25) is 11.3 Å². The summed E-state index contributed by atoms with van der Waals surface area (Å²) < 4.78 is 14.8. The van der Waals surface area contributed by atoms with Gasteiger partial charge in [0.1, 0.15) is 5.82 Å². The summed E-state index contributed by atoms with van der Waals surface area (Å²) in [5.41, 5.74) is 3.59. The summed E-state index contributed by atoms with van der Waals surface area (Å²) in [4.78, 5) is 4.64. The van der Waals surface area contributed by atoms with Crippen LogP contribution in [0.15, 0.2) is 22.7 Å². The molecule has 0 spiro atoms. The smallest absolute Gasteiger partial charge is 0.127 e. The van der Waals surface area contributed by atoms with Crippen molar-refractivity contribution in [2.75, 3.05) is 33.7 Å². The summed E-state index contributed by atoms with van der Waals surface area (Å²) in [5, 5.41) is 0. The van der Waals surface area contributed by atoms with E-state index in [-0.39, 0.29) is 17.9 Å². The molecule has 1 aromatic rings. The average Bonchev–Trinajstić information content (AvgIpc) is 2.60. The van der Waals surface area contributed by atoms with Crippen LogP contribution >= 0.6 is 15.9 Å². The van der Waals surface area contributed by atoms with Gasteiger partial charge in [0.15, 0.2) is 0 Å². The maximum absolute atomic E-state index is 14.0. The van der Waals surface area contributed by atoms with Crippen LogP contribution in [0.3, 0.4) is 0 Å².